The molecule has 4 nitrogen and oxygen atoms in total. The number of halogens is 2. The third-order valence-corrected chi connectivity index (χ3v) is 4.07. The quantitative estimate of drug-likeness (QED) is 0.738. The molecule has 1 aliphatic heterocycles. The van der Waals surface area contributed by atoms with E-state index in [-0.39, 0.29) is 13.2 Å². The Morgan fingerprint density at radius 1 is 1.30 bits per heavy atom. The molecule has 0 amide bonds. The Bertz CT molecular complexity index is 567. The van der Waals surface area contributed by atoms with E-state index in [2.05, 4.69) is 38.4 Å². The van der Waals surface area contributed by atoms with Crippen LogP contribution < -0.4 is 9.47 Å². The lowest BCUT2D eigenvalue weighted by atomic mass is 10.0. The van der Waals surface area contributed by atoms with Gasteiger partial charge in [-0.25, -0.2) is 0 Å². The Balaban J connectivity index is 2.43. The van der Waals surface area contributed by atoms with E-state index in [1.807, 2.05) is 6.07 Å². The lowest BCUT2D eigenvalue weighted by molar-refractivity contribution is 0.231. The fraction of sp³-hybridized carbons (Fsp3) is 0.286. The molecule has 0 bridgehead atoms. The Morgan fingerprint density at radius 3 is 2.70 bits per heavy atom. The zero-order chi connectivity index (χ0) is 14.7. The molecule has 0 saturated heterocycles. The third-order valence-electron chi connectivity index (χ3n) is 2.76. The van der Waals surface area contributed by atoms with Gasteiger partial charge in [-0.05, 0) is 49.6 Å². The smallest absolute Gasteiger partial charge is 0.153 e. The molecule has 1 aromatic carbocycles. The maximum Gasteiger partial charge on any atom is 0.153 e. The second kappa shape index (κ2) is 6.76. The van der Waals surface area contributed by atoms with Crippen LogP contribution in [0.15, 0.2) is 33.4 Å². The average molecular weight is 406 g/mol. The monoisotopic (exact) mass is 404 g/mol. The van der Waals surface area contributed by atoms with Crippen molar-refractivity contribution >= 4 is 37.4 Å². The molecule has 0 unspecified atom stereocenters. The van der Waals surface area contributed by atoms with Crippen LogP contribution in [0.5, 0.6) is 11.5 Å². The van der Waals surface area contributed by atoms with Crippen molar-refractivity contribution in [1.82, 2.24) is 0 Å². The van der Waals surface area contributed by atoms with Crippen molar-refractivity contribution in [2.24, 2.45) is 0 Å². The van der Waals surface area contributed by atoms with E-state index >= 15 is 0 Å². The number of rotatable bonds is 5. The molecule has 20 heavy (non-hydrogen) atoms. The molecule has 1 aliphatic rings. The molecular weight excluding hydrogens is 392 g/mol. The predicted octanol–water partition coefficient (Wildman–Crippen LogP) is 3.25. The summed E-state index contributed by atoms with van der Waals surface area (Å²) in [6, 6.07) is 1.84. The van der Waals surface area contributed by atoms with Gasteiger partial charge in [0, 0.05) is 18.6 Å². The maximum atomic E-state index is 9.43. The molecule has 1 heterocycles. The lowest BCUT2D eigenvalue weighted by Crippen LogP contribution is -2.08. The molecule has 0 aromatic heterocycles. The van der Waals surface area contributed by atoms with Crippen LogP contribution >= 0.6 is 31.9 Å². The third kappa shape index (κ3) is 3.09. The van der Waals surface area contributed by atoms with Gasteiger partial charge in [-0.15, -0.1) is 0 Å². The topological polar surface area (TPSA) is 58.9 Å². The first-order chi connectivity index (χ1) is 9.58. The second-order valence-corrected chi connectivity index (χ2v) is 5.85. The number of aliphatic hydroxyl groups excluding tert-OH is 2. The summed E-state index contributed by atoms with van der Waals surface area (Å²) < 4.78 is 12.6. The van der Waals surface area contributed by atoms with Gasteiger partial charge in [-0.2, -0.15) is 0 Å². The SMILES string of the molecule is C=C1C=C(CO)c2cc(Br)c(OCCCO)c(Br)c2O1. The number of allylic oxidation sites excluding steroid dienone is 1. The first-order valence-corrected chi connectivity index (χ1v) is 7.61. The summed E-state index contributed by atoms with van der Waals surface area (Å²) in [5.74, 6) is 1.64. The predicted molar refractivity (Wildman–Crippen MR) is 83.9 cm³/mol. The van der Waals surface area contributed by atoms with Gasteiger partial charge in [-0.1, -0.05) is 6.58 Å². The number of aliphatic hydroxyl groups is 2. The molecule has 0 radical (unpaired) electrons. The summed E-state index contributed by atoms with van der Waals surface area (Å²) >= 11 is 6.91. The number of fused-ring (bicyclic) bond motifs is 1. The Kier molecular flexibility index (Phi) is 5.26. The van der Waals surface area contributed by atoms with Crippen molar-refractivity contribution in [3.8, 4) is 11.5 Å². The molecule has 0 fully saturated rings. The average Bonchev–Trinajstić information content (AvgIpc) is 2.43. The van der Waals surface area contributed by atoms with Crippen molar-refractivity contribution in [2.45, 2.75) is 6.42 Å². The molecule has 6 heteroatoms. The standard InChI is InChI=1S/C14H14Br2O4/c1-8-5-9(7-18)10-6-11(15)14(19-4-2-3-17)12(16)13(10)20-8/h5-6,17-18H,1-4,7H2. The highest BCUT2D eigenvalue weighted by Crippen LogP contribution is 2.47. The molecule has 2 N–H and O–H groups in total. The Labute approximate surface area is 134 Å². The first kappa shape index (κ1) is 15.6. The zero-order valence-electron chi connectivity index (χ0n) is 10.7. The van der Waals surface area contributed by atoms with Gasteiger partial charge in [-0.3, -0.25) is 0 Å². The van der Waals surface area contributed by atoms with Crippen LogP contribution in [0.3, 0.4) is 0 Å². The molecule has 2 rings (SSSR count). The van der Waals surface area contributed by atoms with E-state index in [1.54, 1.807) is 6.08 Å². The fourth-order valence-electron chi connectivity index (χ4n) is 1.86. The van der Waals surface area contributed by atoms with Crippen molar-refractivity contribution < 1.29 is 19.7 Å². The summed E-state index contributed by atoms with van der Waals surface area (Å²) in [5.41, 5.74) is 1.52. The van der Waals surface area contributed by atoms with Crippen molar-refractivity contribution in [3.05, 3.63) is 39.0 Å². The minimum atomic E-state index is -0.0982. The fourth-order valence-corrected chi connectivity index (χ4v) is 3.29. The van der Waals surface area contributed by atoms with Crippen LogP contribution in [0.25, 0.3) is 5.57 Å². The van der Waals surface area contributed by atoms with Gasteiger partial charge in [0.1, 0.15) is 10.2 Å². The first-order valence-electron chi connectivity index (χ1n) is 6.02. The second-order valence-electron chi connectivity index (χ2n) is 4.20. The molecule has 0 saturated carbocycles. The van der Waals surface area contributed by atoms with Crippen LogP contribution in [0.4, 0.5) is 0 Å². The van der Waals surface area contributed by atoms with Crippen molar-refractivity contribution in [1.29, 1.82) is 0 Å². The van der Waals surface area contributed by atoms with Crippen LogP contribution in [-0.2, 0) is 0 Å². The van der Waals surface area contributed by atoms with Crippen LogP contribution in [0, 0.1) is 0 Å². The largest absolute Gasteiger partial charge is 0.491 e. The molecule has 0 spiro atoms. The number of hydrogen-bond donors (Lipinski definition) is 2. The summed E-state index contributed by atoms with van der Waals surface area (Å²) in [6.45, 7) is 4.14. The van der Waals surface area contributed by atoms with Gasteiger partial charge in [0.25, 0.3) is 0 Å². The summed E-state index contributed by atoms with van der Waals surface area (Å²) in [6.07, 6.45) is 2.25. The summed E-state index contributed by atoms with van der Waals surface area (Å²) in [7, 11) is 0. The summed E-state index contributed by atoms with van der Waals surface area (Å²) in [5, 5.41) is 18.2. The van der Waals surface area contributed by atoms with Gasteiger partial charge < -0.3 is 19.7 Å². The minimum absolute atomic E-state index is 0.0743. The van der Waals surface area contributed by atoms with Gasteiger partial charge >= 0.3 is 0 Å². The minimum Gasteiger partial charge on any atom is -0.491 e. The number of ether oxygens (including phenoxy) is 2. The Morgan fingerprint density at radius 2 is 2.05 bits per heavy atom. The van der Waals surface area contributed by atoms with Gasteiger partial charge in [0.15, 0.2) is 11.5 Å². The van der Waals surface area contributed by atoms with E-state index in [4.69, 9.17) is 14.6 Å². The summed E-state index contributed by atoms with van der Waals surface area (Å²) in [4.78, 5) is 0. The molecular formula is C14H14Br2O4. The number of benzene rings is 1. The molecule has 108 valence electrons. The van der Waals surface area contributed by atoms with E-state index in [1.165, 1.54) is 0 Å². The molecule has 0 atom stereocenters. The van der Waals surface area contributed by atoms with Gasteiger partial charge in [0.2, 0.25) is 0 Å². The Hall–Kier alpha value is -0.820. The van der Waals surface area contributed by atoms with Crippen LogP contribution in [0.1, 0.15) is 12.0 Å². The van der Waals surface area contributed by atoms with E-state index < -0.39 is 0 Å². The maximum absolute atomic E-state index is 9.43. The normalized spacial score (nSPS) is 13.6. The van der Waals surface area contributed by atoms with Crippen LogP contribution in [-0.4, -0.2) is 30.0 Å². The van der Waals surface area contributed by atoms with Crippen molar-refractivity contribution in [2.75, 3.05) is 19.8 Å². The highest BCUT2D eigenvalue weighted by Gasteiger charge is 2.23. The lowest BCUT2D eigenvalue weighted by Gasteiger charge is -2.22. The zero-order valence-corrected chi connectivity index (χ0v) is 13.8. The van der Waals surface area contributed by atoms with E-state index in [0.717, 1.165) is 15.6 Å². The van der Waals surface area contributed by atoms with Crippen LogP contribution in [0.2, 0.25) is 0 Å². The highest BCUT2D eigenvalue weighted by atomic mass is 79.9. The van der Waals surface area contributed by atoms with E-state index in [0.29, 0.717) is 34.8 Å². The van der Waals surface area contributed by atoms with E-state index in [9.17, 15) is 5.11 Å². The number of hydrogen-bond acceptors (Lipinski definition) is 4. The van der Waals surface area contributed by atoms with Gasteiger partial charge in [0.05, 0.1) is 17.7 Å². The molecule has 1 aromatic rings. The van der Waals surface area contributed by atoms with Crippen molar-refractivity contribution in [3.63, 3.8) is 0 Å². The highest BCUT2D eigenvalue weighted by molar-refractivity contribution is 9.11. The molecule has 0 aliphatic carbocycles.